The van der Waals surface area contributed by atoms with E-state index in [-0.39, 0.29) is 17.0 Å². The van der Waals surface area contributed by atoms with Gasteiger partial charge in [-0.25, -0.2) is 0 Å². The smallest absolute Gasteiger partial charge is 0.270 e. The maximum atomic E-state index is 11.6. The molecule has 2 aromatic carbocycles. The van der Waals surface area contributed by atoms with Gasteiger partial charge in [0.1, 0.15) is 0 Å². The molecule has 2 rings (SSSR count). The molecule has 0 N–H and O–H groups in total. The van der Waals surface area contributed by atoms with Crippen LogP contribution in [0.4, 0.5) is 11.4 Å². The third kappa shape index (κ3) is 3.00. The van der Waals surface area contributed by atoms with Crippen LogP contribution in [0.5, 0.6) is 5.75 Å². The molecule has 0 aromatic heterocycles. The van der Waals surface area contributed by atoms with Crippen LogP contribution in [0.2, 0.25) is 0 Å². The number of rotatable bonds is 3. The summed E-state index contributed by atoms with van der Waals surface area (Å²) >= 11 is 0. The molecular formula is C15H13N2O3-. The summed E-state index contributed by atoms with van der Waals surface area (Å²) < 4.78 is 0. The highest BCUT2D eigenvalue weighted by molar-refractivity contribution is 5.86. The first-order valence-corrected chi connectivity index (χ1v) is 6.04. The van der Waals surface area contributed by atoms with Gasteiger partial charge in [0, 0.05) is 18.3 Å². The summed E-state index contributed by atoms with van der Waals surface area (Å²) in [6.45, 7) is 3.97. The SMILES string of the molecule is Cc1ccc(N=Cc2cc([N+](=O)[O-])ccc2[O-])cc1C. The number of hydrogen-bond donors (Lipinski definition) is 0. The average molecular weight is 269 g/mol. The standard InChI is InChI=1S/C15H14N2O3/c1-10-3-4-13(7-11(10)2)16-9-12-8-14(17(19)20)5-6-15(12)18/h3-9,18H,1-2H3/p-1. The van der Waals surface area contributed by atoms with E-state index >= 15 is 0 Å². The summed E-state index contributed by atoms with van der Waals surface area (Å²) in [5.41, 5.74) is 3.05. The predicted molar refractivity (Wildman–Crippen MR) is 75.7 cm³/mol. The zero-order chi connectivity index (χ0) is 14.7. The minimum atomic E-state index is -0.535. The summed E-state index contributed by atoms with van der Waals surface area (Å²) in [7, 11) is 0. The molecule has 0 bridgehead atoms. The zero-order valence-electron chi connectivity index (χ0n) is 11.2. The first-order valence-electron chi connectivity index (χ1n) is 6.04. The summed E-state index contributed by atoms with van der Waals surface area (Å²) in [6, 6.07) is 9.27. The number of nitro benzene ring substituents is 1. The molecule has 0 aliphatic rings. The monoisotopic (exact) mass is 269 g/mol. The molecule has 0 unspecified atom stereocenters. The number of aliphatic imine (C=N–C) groups is 1. The number of nitro groups is 1. The second-order valence-electron chi connectivity index (χ2n) is 4.51. The molecule has 0 heterocycles. The number of nitrogens with zero attached hydrogens (tertiary/aromatic N) is 2. The molecule has 102 valence electrons. The van der Waals surface area contributed by atoms with E-state index in [1.54, 1.807) is 0 Å². The van der Waals surface area contributed by atoms with Crippen molar-refractivity contribution in [1.29, 1.82) is 0 Å². The highest BCUT2D eigenvalue weighted by Crippen LogP contribution is 2.21. The van der Waals surface area contributed by atoms with Crippen molar-refractivity contribution in [3.8, 4) is 5.75 Å². The average Bonchev–Trinajstić information content (AvgIpc) is 2.41. The van der Waals surface area contributed by atoms with Crippen molar-refractivity contribution in [2.24, 2.45) is 4.99 Å². The van der Waals surface area contributed by atoms with Gasteiger partial charge in [-0.1, -0.05) is 17.9 Å². The highest BCUT2D eigenvalue weighted by Gasteiger charge is 2.05. The molecule has 0 amide bonds. The van der Waals surface area contributed by atoms with Gasteiger partial charge in [-0.15, -0.1) is 0 Å². The molecule has 0 radical (unpaired) electrons. The molecule has 0 aliphatic carbocycles. The molecule has 0 spiro atoms. The highest BCUT2D eigenvalue weighted by atomic mass is 16.6. The van der Waals surface area contributed by atoms with Crippen molar-refractivity contribution in [2.45, 2.75) is 13.8 Å². The van der Waals surface area contributed by atoms with Gasteiger partial charge in [0.25, 0.3) is 5.69 Å². The topological polar surface area (TPSA) is 78.6 Å². The van der Waals surface area contributed by atoms with Crippen LogP contribution < -0.4 is 5.11 Å². The van der Waals surface area contributed by atoms with Gasteiger partial charge in [-0.3, -0.25) is 15.1 Å². The van der Waals surface area contributed by atoms with Crippen molar-refractivity contribution >= 4 is 17.6 Å². The molecule has 0 saturated carbocycles. The van der Waals surface area contributed by atoms with E-state index in [4.69, 9.17) is 0 Å². The molecular weight excluding hydrogens is 256 g/mol. The maximum Gasteiger partial charge on any atom is 0.270 e. The first-order chi connectivity index (χ1) is 9.47. The second kappa shape index (κ2) is 5.52. The largest absolute Gasteiger partial charge is 0.872 e. The molecule has 0 saturated heterocycles. The van der Waals surface area contributed by atoms with Gasteiger partial charge in [0.15, 0.2) is 0 Å². The minimum absolute atomic E-state index is 0.119. The van der Waals surface area contributed by atoms with Gasteiger partial charge >= 0.3 is 0 Å². The summed E-state index contributed by atoms with van der Waals surface area (Å²) in [6.07, 6.45) is 1.36. The van der Waals surface area contributed by atoms with Crippen LogP contribution in [-0.2, 0) is 0 Å². The van der Waals surface area contributed by atoms with Gasteiger partial charge in [0.2, 0.25) is 0 Å². The molecule has 5 heteroatoms. The Morgan fingerprint density at radius 3 is 2.50 bits per heavy atom. The molecule has 20 heavy (non-hydrogen) atoms. The van der Waals surface area contributed by atoms with Crippen LogP contribution in [0.25, 0.3) is 0 Å². The summed E-state index contributed by atoms with van der Waals surface area (Å²) in [5.74, 6) is -0.289. The Bertz CT molecular complexity index is 694. The van der Waals surface area contributed by atoms with Crippen molar-refractivity contribution in [3.63, 3.8) is 0 Å². The molecule has 2 aromatic rings. The van der Waals surface area contributed by atoms with Gasteiger partial charge < -0.3 is 5.11 Å². The second-order valence-corrected chi connectivity index (χ2v) is 4.51. The predicted octanol–water partition coefficient (Wildman–Crippen LogP) is 3.04. The molecule has 5 nitrogen and oxygen atoms in total. The zero-order valence-corrected chi connectivity index (χ0v) is 11.2. The number of non-ortho nitro benzene ring substituents is 1. The summed E-state index contributed by atoms with van der Waals surface area (Å²) in [4.78, 5) is 14.3. The van der Waals surface area contributed by atoms with Crippen molar-refractivity contribution in [3.05, 3.63) is 63.2 Å². The Morgan fingerprint density at radius 1 is 1.10 bits per heavy atom. The lowest BCUT2D eigenvalue weighted by atomic mass is 10.1. The maximum absolute atomic E-state index is 11.6. The summed E-state index contributed by atoms with van der Waals surface area (Å²) in [5, 5.41) is 22.3. The lowest BCUT2D eigenvalue weighted by Crippen LogP contribution is -1.98. The van der Waals surface area contributed by atoms with E-state index in [1.165, 1.54) is 24.4 Å². The van der Waals surface area contributed by atoms with Gasteiger partial charge in [-0.2, -0.15) is 0 Å². The Labute approximate surface area is 116 Å². The molecule has 0 atom stereocenters. The van der Waals surface area contributed by atoms with Crippen molar-refractivity contribution < 1.29 is 10.0 Å². The Hall–Kier alpha value is -2.69. The molecule has 0 fully saturated rings. The quantitative estimate of drug-likeness (QED) is 0.488. The van der Waals surface area contributed by atoms with E-state index < -0.39 is 4.92 Å². The fraction of sp³-hybridized carbons (Fsp3) is 0.133. The Morgan fingerprint density at radius 2 is 1.85 bits per heavy atom. The third-order valence-electron chi connectivity index (χ3n) is 3.05. The van der Waals surface area contributed by atoms with Gasteiger partial charge in [-0.05, 0) is 42.7 Å². The van der Waals surface area contributed by atoms with Crippen LogP contribution in [0.15, 0.2) is 41.4 Å². The number of benzene rings is 2. The normalized spacial score (nSPS) is 10.9. The molecule has 0 aliphatic heterocycles. The van der Waals surface area contributed by atoms with E-state index in [0.29, 0.717) is 5.69 Å². The van der Waals surface area contributed by atoms with E-state index in [9.17, 15) is 15.2 Å². The van der Waals surface area contributed by atoms with Crippen LogP contribution in [-0.4, -0.2) is 11.1 Å². The van der Waals surface area contributed by atoms with Crippen molar-refractivity contribution in [2.75, 3.05) is 0 Å². The fourth-order valence-electron chi connectivity index (χ4n) is 1.70. The van der Waals surface area contributed by atoms with Crippen LogP contribution in [0.1, 0.15) is 16.7 Å². The van der Waals surface area contributed by atoms with E-state index in [2.05, 4.69) is 4.99 Å². The first kappa shape index (κ1) is 13.7. The van der Waals surface area contributed by atoms with E-state index in [0.717, 1.165) is 11.1 Å². The number of hydrogen-bond acceptors (Lipinski definition) is 4. The lowest BCUT2D eigenvalue weighted by Gasteiger charge is -2.08. The minimum Gasteiger partial charge on any atom is -0.872 e. The van der Waals surface area contributed by atoms with Crippen LogP contribution >= 0.6 is 0 Å². The number of aryl methyl sites for hydroxylation is 2. The van der Waals surface area contributed by atoms with Crippen molar-refractivity contribution in [1.82, 2.24) is 0 Å². The lowest BCUT2D eigenvalue weighted by molar-refractivity contribution is -0.385. The third-order valence-corrected chi connectivity index (χ3v) is 3.05. The van der Waals surface area contributed by atoms with Gasteiger partial charge in [0.05, 0.1) is 10.6 Å². The van der Waals surface area contributed by atoms with Crippen LogP contribution in [0.3, 0.4) is 0 Å². The van der Waals surface area contributed by atoms with E-state index in [1.807, 2.05) is 32.0 Å². The van der Waals surface area contributed by atoms with Crippen LogP contribution in [0, 0.1) is 24.0 Å². The Balaban J connectivity index is 2.33. The Kier molecular flexibility index (Phi) is 3.79. The fourth-order valence-corrected chi connectivity index (χ4v) is 1.70.